The second kappa shape index (κ2) is 13.9. The minimum atomic E-state index is -1.83. The zero-order valence-electron chi connectivity index (χ0n) is 19.8. The van der Waals surface area contributed by atoms with Crippen molar-refractivity contribution >= 4 is 39.8 Å². The van der Waals surface area contributed by atoms with E-state index in [1.807, 2.05) is 6.92 Å². The van der Waals surface area contributed by atoms with Gasteiger partial charge in [-0.2, -0.15) is 0 Å². The van der Waals surface area contributed by atoms with Crippen molar-refractivity contribution < 1.29 is 18.4 Å². The highest BCUT2D eigenvalue weighted by Crippen LogP contribution is 2.24. The van der Waals surface area contributed by atoms with Crippen LogP contribution in [0.4, 0.5) is 0 Å². The fraction of sp³-hybridized carbons (Fsp3) is 0.900. The molecule has 0 heterocycles. The monoisotopic (exact) mass is 464 g/mol. The molecule has 0 amide bonds. The van der Waals surface area contributed by atoms with Gasteiger partial charge in [-0.05, 0) is 43.2 Å². The minimum Gasteiger partial charge on any atom is -0.467 e. The van der Waals surface area contributed by atoms with Crippen molar-refractivity contribution in [2.75, 3.05) is 13.7 Å². The molecule has 6 nitrogen and oxygen atoms in total. The highest BCUT2D eigenvalue weighted by atomic mass is 32.1. The lowest BCUT2D eigenvalue weighted by molar-refractivity contribution is -0.143. The Balaban J connectivity index is 5.16. The lowest BCUT2D eigenvalue weighted by Gasteiger charge is -2.35. The lowest BCUT2D eigenvalue weighted by atomic mass is 10.2. The van der Waals surface area contributed by atoms with Crippen molar-refractivity contribution in [3.63, 3.8) is 0 Å². The van der Waals surface area contributed by atoms with Crippen LogP contribution in [0.1, 0.15) is 48.5 Å². The van der Waals surface area contributed by atoms with Crippen molar-refractivity contribution in [1.82, 2.24) is 5.32 Å². The summed E-state index contributed by atoms with van der Waals surface area (Å²) in [5.41, 5.74) is 6.39. The Bertz CT molecular complexity index is 486. The smallest absolute Gasteiger partial charge is 0.330 e. The predicted octanol–water partition coefficient (Wildman–Crippen LogP) is 4.20. The summed E-state index contributed by atoms with van der Waals surface area (Å²) in [5, 5.41) is 3.10. The molecule has 0 saturated carbocycles. The van der Waals surface area contributed by atoms with Crippen LogP contribution in [0.2, 0.25) is 36.3 Å². The van der Waals surface area contributed by atoms with Crippen molar-refractivity contribution in [2.24, 2.45) is 5.73 Å². The highest BCUT2D eigenvalue weighted by Gasteiger charge is 2.35. The Kier molecular flexibility index (Phi) is 13.7. The van der Waals surface area contributed by atoms with Gasteiger partial charge in [-0.15, -0.1) is 0 Å². The van der Waals surface area contributed by atoms with Crippen LogP contribution in [0.5, 0.6) is 0 Å². The first-order chi connectivity index (χ1) is 13.6. The number of methoxy groups -OCH3 is 1. The minimum absolute atomic E-state index is 0.212. The maximum atomic E-state index is 12.3. The second-order valence-electron chi connectivity index (χ2n) is 7.73. The summed E-state index contributed by atoms with van der Waals surface area (Å²) >= 11 is 5.53. The second-order valence-corrected chi connectivity index (χ2v) is 17.7. The van der Waals surface area contributed by atoms with Crippen LogP contribution in [0, 0.1) is 0 Å². The maximum Gasteiger partial charge on any atom is 0.330 e. The topological polar surface area (TPSA) is 82.8 Å². The maximum absolute atomic E-state index is 12.3. The van der Waals surface area contributed by atoms with E-state index < -0.39 is 34.7 Å². The van der Waals surface area contributed by atoms with E-state index in [1.54, 1.807) is 0 Å². The molecular formula is C20H44N2O4SSi2. The number of rotatable bonds is 15. The van der Waals surface area contributed by atoms with E-state index in [-0.39, 0.29) is 12.7 Å². The molecule has 9 heteroatoms. The van der Waals surface area contributed by atoms with E-state index >= 15 is 0 Å². The molecule has 0 aromatic rings. The van der Waals surface area contributed by atoms with Gasteiger partial charge in [0.15, 0.2) is 16.6 Å². The summed E-state index contributed by atoms with van der Waals surface area (Å²) in [4.78, 5) is 12.7. The summed E-state index contributed by atoms with van der Waals surface area (Å²) in [6.07, 6.45) is -0.212. The molecule has 0 saturated heterocycles. The summed E-state index contributed by atoms with van der Waals surface area (Å²) < 4.78 is 17.7. The molecule has 0 aliphatic carbocycles. The Morgan fingerprint density at radius 1 is 0.966 bits per heavy atom. The quantitative estimate of drug-likeness (QED) is 0.213. The molecule has 0 aromatic carbocycles. The van der Waals surface area contributed by atoms with E-state index in [1.165, 1.54) is 7.11 Å². The number of carbonyl (C=O) groups is 1. The van der Waals surface area contributed by atoms with Gasteiger partial charge in [-0.25, -0.2) is 4.79 Å². The van der Waals surface area contributed by atoms with Gasteiger partial charge < -0.3 is 24.6 Å². The molecule has 0 aliphatic heterocycles. The van der Waals surface area contributed by atoms with Gasteiger partial charge >= 0.3 is 5.97 Å². The molecule has 3 N–H and O–H groups in total. The van der Waals surface area contributed by atoms with Crippen molar-refractivity contribution in [3.8, 4) is 0 Å². The van der Waals surface area contributed by atoms with Gasteiger partial charge in [-0.1, -0.05) is 53.8 Å². The molecule has 0 aliphatic rings. The zero-order chi connectivity index (χ0) is 22.7. The Hall–Kier alpha value is -0.326. The van der Waals surface area contributed by atoms with Crippen LogP contribution in [0.3, 0.4) is 0 Å². The molecule has 29 heavy (non-hydrogen) atoms. The standard InChI is InChI=1S/C20H44N2O4SSi2/c1-9-28(10-2,11-3)25-15-17(20(23)24-8)22-19(27)18(21)16(7)26-29(12-4,13-5)14-6/h16-18H,9-15,21H2,1-8H3,(H,22,27)/t16-,17-,18?/m1/s1. The van der Waals surface area contributed by atoms with Crippen molar-refractivity contribution in [3.05, 3.63) is 0 Å². The zero-order valence-corrected chi connectivity index (χ0v) is 22.6. The highest BCUT2D eigenvalue weighted by molar-refractivity contribution is 7.80. The molecule has 0 rings (SSSR count). The molecule has 0 spiro atoms. The fourth-order valence-corrected chi connectivity index (χ4v) is 9.48. The Morgan fingerprint density at radius 2 is 1.41 bits per heavy atom. The first kappa shape index (κ1) is 28.7. The van der Waals surface area contributed by atoms with Gasteiger partial charge in [0.2, 0.25) is 0 Å². The van der Waals surface area contributed by atoms with Gasteiger partial charge in [0.05, 0.1) is 30.9 Å². The summed E-state index contributed by atoms with van der Waals surface area (Å²) in [6.45, 7) is 15.2. The van der Waals surface area contributed by atoms with Crippen molar-refractivity contribution in [2.45, 2.75) is 103 Å². The number of carbonyl (C=O) groups excluding carboxylic acids is 1. The van der Waals surface area contributed by atoms with E-state index in [9.17, 15) is 4.79 Å². The molecule has 0 aromatic heterocycles. The molecule has 0 radical (unpaired) electrons. The summed E-state index contributed by atoms with van der Waals surface area (Å²) in [5.74, 6) is -0.390. The molecular weight excluding hydrogens is 420 g/mol. The lowest BCUT2D eigenvalue weighted by Crippen LogP contribution is -2.56. The van der Waals surface area contributed by atoms with Crippen LogP contribution in [0.15, 0.2) is 0 Å². The summed E-state index contributed by atoms with van der Waals surface area (Å²) in [6, 6.07) is 5.04. The molecule has 0 fully saturated rings. The van der Waals surface area contributed by atoms with Crippen LogP contribution >= 0.6 is 12.2 Å². The van der Waals surface area contributed by atoms with E-state index in [4.69, 9.17) is 31.5 Å². The molecule has 172 valence electrons. The first-order valence-electron chi connectivity index (χ1n) is 11.1. The normalized spacial score (nSPS) is 15.5. The number of esters is 1. The van der Waals surface area contributed by atoms with E-state index in [2.05, 4.69) is 46.9 Å². The van der Waals surface area contributed by atoms with Crippen LogP contribution in [-0.2, 0) is 18.4 Å². The average molecular weight is 465 g/mol. The fourth-order valence-electron chi connectivity index (χ4n) is 3.58. The molecule has 0 bridgehead atoms. The molecule has 1 unspecified atom stereocenters. The predicted molar refractivity (Wildman–Crippen MR) is 130 cm³/mol. The average Bonchev–Trinajstić information content (AvgIpc) is 2.76. The summed E-state index contributed by atoms with van der Waals surface area (Å²) in [7, 11) is -2.24. The number of nitrogens with one attached hydrogen (secondary N) is 1. The van der Waals surface area contributed by atoms with E-state index in [0.717, 1.165) is 36.3 Å². The van der Waals surface area contributed by atoms with Gasteiger partial charge in [0.1, 0.15) is 6.04 Å². The first-order valence-corrected chi connectivity index (χ1v) is 16.6. The molecule has 3 atom stereocenters. The number of hydrogen-bond acceptors (Lipinski definition) is 6. The van der Waals surface area contributed by atoms with Gasteiger partial charge in [0, 0.05) is 0 Å². The SMILES string of the molecule is CC[Si](CC)(CC)OC[C@@H](NC(=S)C(N)[C@@H](C)O[Si](CC)(CC)CC)C(=O)OC. The van der Waals surface area contributed by atoms with Crippen molar-refractivity contribution in [1.29, 1.82) is 0 Å². The number of thiocarbonyl (C=S) groups is 1. The largest absolute Gasteiger partial charge is 0.467 e. The van der Waals surface area contributed by atoms with E-state index in [0.29, 0.717) is 4.99 Å². The third-order valence-corrected chi connectivity index (χ3v) is 16.2. The van der Waals surface area contributed by atoms with Gasteiger partial charge in [-0.3, -0.25) is 0 Å². The Labute approximate surface area is 185 Å². The van der Waals surface area contributed by atoms with Gasteiger partial charge in [0.25, 0.3) is 0 Å². The third-order valence-electron chi connectivity index (χ3n) is 6.47. The number of ether oxygens (including phenoxy) is 1. The third kappa shape index (κ3) is 8.37. The van der Waals surface area contributed by atoms with Crippen LogP contribution < -0.4 is 11.1 Å². The Morgan fingerprint density at radius 3 is 1.79 bits per heavy atom. The van der Waals surface area contributed by atoms with Crippen LogP contribution in [0.25, 0.3) is 0 Å². The number of hydrogen-bond donors (Lipinski definition) is 2. The number of nitrogens with two attached hydrogens (primary N) is 1. The van der Waals surface area contributed by atoms with Crippen LogP contribution in [-0.4, -0.2) is 59.5 Å².